The lowest BCUT2D eigenvalue weighted by atomic mass is 10.2. The molecule has 18 heavy (non-hydrogen) atoms. The number of thioether (sulfide) groups is 1. The molecule has 0 radical (unpaired) electrons. The number of carbonyl (C=O) groups excluding carboxylic acids is 1. The molecule has 0 spiro atoms. The molecule has 3 N–H and O–H groups in total. The number of benzene rings is 1. The third kappa shape index (κ3) is 3.50. The SMILES string of the molecule is CC(C)Sc1ccc(CNC(=O)C2(N)CC2)cc1. The predicted molar refractivity (Wildman–Crippen MR) is 75.4 cm³/mol. The van der Waals surface area contributed by atoms with Gasteiger partial charge in [-0.25, -0.2) is 0 Å². The summed E-state index contributed by atoms with van der Waals surface area (Å²) in [7, 11) is 0. The first-order valence-electron chi connectivity index (χ1n) is 6.32. The number of hydrogen-bond acceptors (Lipinski definition) is 3. The first kappa shape index (κ1) is 13.4. The van der Waals surface area contributed by atoms with Gasteiger partial charge in [-0.05, 0) is 30.5 Å². The van der Waals surface area contributed by atoms with E-state index in [2.05, 4.69) is 43.4 Å². The van der Waals surface area contributed by atoms with E-state index >= 15 is 0 Å². The standard InChI is InChI=1S/C14H20N2OS/c1-10(2)18-12-5-3-11(4-6-12)9-16-13(17)14(15)7-8-14/h3-6,10H,7-9,15H2,1-2H3,(H,16,17). The first-order valence-corrected chi connectivity index (χ1v) is 7.20. The van der Waals surface area contributed by atoms with Gasteiger partial charge in [-0.15, -0.1) is 11.8 Å². The molecule has 0 saturated heterocycles. The lowest BCUT2D eigenvalue weighted by Crippen LogP contribution is -2.42. The van der Waals surface area contributed by atoms with Gasteiger partial charge in [-0.2, -0.15) is 0 Å². The van der Waals surface area contributed by atoms with E-state index in [1.807, 2.05) is 11.8 Å². The molecule has 0 aliphatic heterocycles. The van der Waals surface area contributed by atoms with Crippen LogP contribution in [0.25, 0.3) is 0 Å². The fourth-order valence-electron chi connectivity index (χ4n) is 1.68. The van der Waals surface area contributed by atoms with Gasteiger partial charge in [0.15, 0.2) is 0 Å². The number of rotatable bonds is 5. The number of hydrogen-bond donors (Lipinski definition) is 2. The Morgan fingerprint density at radius 2 is 2.00 bits per heavy atom. The van der Waals surface area contributed by atoms with Crippen LogP contribution in [-0.4, -0.2) is 16.7 Å². The van der Waals surface area contributed by atoms with Crippen LogP contribution in [0.4, 0.5) is 0 Å². The number of amides is 1. The Kier molecular flexibility index (Phi) is 3.97. The minimum atomic E-state index is -0.576. The number of carbonyl (C=O) groups is 1. The topological polar surface area (TPSA) is 55.1 Å². The molecule has 1 aromatic rings. The van der Waals surface area contributed by atoms with Crippen molar-refractivity contribution in [1.29, 1.82) is 0 Å². The minimum Gasteiger partial charge on any atom is -0.350 e. The van der Waals surface area contributed by atoms with Crippen molar-refractivity contribution in [2.75, 3.05) is 0 Å². The highest BCUT2D eigenvalue weighted by Crippen LogP contribution is 2.32. The van der Waals surface area contributed by atoms with Gasteiger partial charge in [-0.1, -0.05) is 26.0 Å². The largest absolute Gasteiger partial charge is 0.350 e. The van der Waals surface area contributed by atoms with Crippen molar-refractivity contribution < 1.29 is 4.79 Å². The summed E-state index contributed by atoms with van der Waals surface area (Å²) in [5.74, 6) is -0.0249. The fraction of sp³-hybridized carbons (Fsp3) is 0.500. The van der Waals surface area contributed by atoms with E-state index in [1.165, 1.54) is 4.90 Å². The second-order valence-corrected chi connectivity index (χ2v) is 6.80. The summed E-state index contributed by atoms with van der Waals surface area (Å²) in [6.07, 6.45) is 1.62. The summed E-state index contributed by atoms with van der Waals surface area (Å²) >= 11 is 1.84. The third-order valence-electron chi connectivity index (χ3n) is 2.99. The highest BCUT2D eigenvalue weighted by atomic mass is 32.2. The van der Waals surface area contributed by atoms with Crippen molar-refractivity contribution in [3.8, 4) is 0 Å². The monoisotopic (exact) mass is 264 g/mol. The Bertz CT molecular complexity index is 424. The van der Waals surface area contributed by atoms with Gasteiger partial charge in [0.2, 0.25) is 5.91 Å². The van der Waals surface area contributed by atoms with Crippen molar-refractivity contribution in [1.82, 2.24) is 5.32 Å². The van der Waals surface area contributed by atoms with Gasteiger partial charge >= 0.3 is 0 Å². The van der Waals surface area contributed by atoms with Gasteiger partial charge in [-0.3, -0.25) is 4.79 Å². The molecule has 1 fully saturated rings. The second kappa shape index (κ2) is 5.33. The average molecular weight is 264 g/mol. The van der Waals surface area contributed by atoms with E-state index < -0.39 is 5.54 Å². The van der Waals surface area contributed by atoms with Crippen LogP contribution in [-0.2, 0) is 11.3 Å². The quantitative estimate of drug-likeness (QED) is 0.802. The van der Waals surface area contributed by atoms with Crippen molar-refractivity contribution in [2.24, 2.45) is 5.73 Å². The van der Waals surface area contributed by atoms with Gasteiger partial charge < -0.3 is 11.1 Å². The fourth-order valence-corrected chi connectivity index (χ4v) is 2.52. The highest BCUT2D eigenvalue weighted by molar-refractivity contribution is 7.99. The summed E-state index contributed by atoms with van der Waals surface area (Å²) in [5.41, 5.74) is 6.35. The molecule has 1 aromatic carbocycles. The van der Waals surface area contributed by atoms with Crippen molar-refractivity contribution in [3.63, 3.8) is 0 Å². The molecule has 0 aromatic heterocycles. The molecule has 1 saturated carbocycles. The zero-order valence-corrected chi connectivity index (χ0v) is 11.7. The Morgan fingerprint density at radius 3 is 2.50 bits per heavy atom. The number of nitrogens with one attached hydrogen (secondary N) is 1. The Balaban J connectivity index is 1.84. The molecule has 0 unspecified atom stereocenters. The lowest BCUT2D eigenvalue weighted by Gasteiger charge is -2.10. The molecule has 98 valence electrons. The molecule has 1 aliphatic rings. The highest BCUT2D eigenvalue weighted by Gasteiger charge is 2.45. The second-order valence-electron chi connectivity index (χ2n) is 5.15. The van der Waals surface area contributed by atoms with E-state index in [9.17, 15) is 4.79 Å². The van der Waals surface area contributed by atoms with Gasteiger partial charge in [0.25, 0.3) is 0 Å². The zero-order chi connectivity index (χ0) is 13.2. The van der Waals surface area contributed by atoms with Crippen molar-refractivity contribution in [3.05, 3.63) is 29.8 Å². The molecular weight excluding hydrogens is 244 g/mol. The molecule has 3 nitrogen and oxygen atoms in total. The number of nitrogens with two attached hydrogens (primary N) is 1. The Morgan fingerprint density at radius 1 is 1.39 bits per heavy atom. The normalized spacial score (nSPS) is 16.7. The summed E-state index contributed by atoms with van der Waals surface area (Å²) in [5, 5.41) is 3.48. The molecule has 1 amide bonds. The van der Waals surface area contributed by atoms with Crippen LogP contribution in [0.2, 0.25) is 0 Å². The van der Waals surface area contributed by atoms with Gasteiger partial charge in [0.05, 0.1) is 5.54 Å². The van der Waals surface area contributed by atoms with Crippen LogP contribution in [0.1, 0.15) is 32.3 Å². The minimum absolute atomic E-state index is 0.0249. The average Bonchev–Trinajstić information content (AvgIpc) is 3.07. The van der Waals surface area contributed by atoms with Crippen LogP contribution in [0.3, 0.4) is 0 Å². The summed E-state index contributed by atoms with van der Waals surface area (Å²) in [4.78, 5) is 12.9. The summed E-state index contributed by atoms with van der Waals surface area (Å²) in [6, 6.07) is 8.31. The van der Waals surface area contributed by atoms with Crippen LogP contribution < -0.4 is 11.1 Å². The Labute approximate surface area is 113 Å². The van der Waals surface area contributed by atoms with Gasteiger partial charge in [0, 0.05) is 16.7 Å². The maximum Gasteiger partial charge on any atom is 0.240 e. The van der Waals surface area contributed by atoms with Gasteiger partial charge in [0.1, 0.15) is 0 Å². The first-order chi connectivity index (χ1) is 8.49. The molecule has 2 rings (SSSR count). The molecule has 0 atom stereocenters. The predicted octanol–water partition coefficient (Wildman–Crippen LogP) is 2.29. The Hall–Kier alpha value is -1.00. The van der Waals surface area contributed by atoms with Crippen LogP contribution in [0.15, 0.2) is 29.2 Å². The lowest BCUT2D eigenvalue weighted by molar-refractivity contribution is -0.123. The zero-order valence-electron chi connectivity index (χ0n) is 10.9. The van der Waals surface area contributed by atoms with Crippen LogP contribution in [0, 0.1) is 0 Å². The van der Waals surface area contributed by atoms with E-state index in [1.54, 1.807) is 0 Å². The molecule has 1 aliphatic carbocycles. The molecule has 0 heterocycles. The smallest absolute Gasteiger partial charge is 0.240 e. The maximum absolute atomic E-state index is 11.7. The third-order valence-corrected chi connectivity index (χ3v) is 4.00. The van der Waals surface area contributed by atoms with Crippen LogP contribution in [0.5, 0.6) is 0 Å². The van der Waals surface area contributed by atoms with Crippen molar-refractivity contribution in [2.45, 2.75) is 48.9 Å². The van der Waals surface area contributed by atoms with E-state index in [0.717, 1.165) is 18.4 Å². The maximum atomic E-state index is 11.7. The van der Waals surface area contributed by atoms with E-state index in [0.29, 0.717) is 11.8 Å². The summed E-state index contributed by atoms with van der Waals surface area (Å²) in [6.45, 7) is 4.91. The van der Waals surface area contributed by atoms with Crippen LogP contribution >= 0.6 is 11.8 Å². The molecule has 0 bridgehead atoms. The van der Waals surface area contributed by atoms with Crippen molar-refractivity contribution >= 4 is 17.7 Å². The van der Waals surface area contributed by atoms with E-state index in [4.69, 9.17) is 5.73 Å². The summed E-state index contributed by atoms with van der Waals surface area (Å²) < 4.78 is 0. The molecule has 4 heteroatoms. The van der Waals surface area contributed by atoms with E-state index in [-0.39, 0.29) is 5.91 Å². The molecular formula is C14H20N2OS.